The Bertz CT molecular complexity index is 483. The van der Waals surface area contributed by atoms with Gasteiger partial charge in [-0.05, 0) is 25.0 Å². The molecule has 0 heterocycles. The van der Waals surface area contributed by atoms with Crippen molar-refractivity contribution in [2.24, 2.45) is 4.99 Å². The van der Waals surface area contributed by atoms with Crippen molar-refractivity contribution in [3.63, 3.8) is 0 Å². The third-order valence-corrected chi connectivity index (χ3v) is 3.14. The monoisotopic (exact) mass is 290 g/mol. The number of benzene rings is 1. The van der Waals surface area contributed by atoms with Crippen LogP contribution >= 0.6 is 0 Å². The van der Waals surface area contributed by atoms with Crippen LogP contribution in [0.25, 0.3) is 0 Å². The lowest BCUT2D eigenvalue weighted by Gasteiger charge is -2.13. The van der Waals surface area contributed by atoms with Crippen molar-refractivity contribution in [2.75, 3.05) is 27.2 Å². The van der Waals surface area contributed by atoms with Crippen molar-refractivity contribution < 1.29 is 4.79 Å². The van der Waals surface area contributed by atoms with E-state index in [-0.39, 0.29) is 5.91 Å². The molecule has 1 amide bonds. The molecule has 0 atom stereocenters. The molecule has 2 N–H and O–H groups in total. The van der Waals surface area contributed by atoms with E-state index < -0.39 is 0 Å². The third kappa shape index (κ3) is 6.29. The Morgan fingerprint density at radius 1 is 1.24 bits per heavy atom. The lowest BCUT2D eigenvalue weighted by Crippen LogP contribution is -2.39. The molecule has 0 fully saturated rings. The molecule has 1 aromatic carbocycles. The molecule has 1 aromatic rings. The first kappa shape index (κ1) is 17.0. The first-order valence-electron chi connectivity index (χ1n) is 7.31. The minimum absolute atomic E-state index is 0.109. The van der Waals surface area contributed by atoms with E-state index in [1.165, 1.54) is 11.1 Å². The summed E-state index contributed by atoms with van der Waals surface area (Å²) < 4.78 is 0. The number of aliphatic imine (C=N–C) groups is 1. The van der Waals surface area contributed by atoms with Crippen LogP contribution in [0.1, 0.15) is 24.5 Å². The molecule has 21 heavy (non-hydrogen) atoms. The smallest absolute Gasteiger partial charge is 0.223 e. The highest BCUT2D eigenvalue weighted by atomic mass is 16.2. The summed E-state index contributed by atoms with van der Waals surface area (Å²) in [6.45, 7) is 6.11. The predicted molar refractivity (Wildman–Crippen MR) is 87.3 cm³/mol. The van der Waals surface area contributed by atoms with Gasteiger partial charge in [0, 0.05) is 33.6 Å². The highest BCUT2D eigenvalue weighted by Gasteiger charge is 2.04. The highest BCUT2D eigenvalue weighted by molar-refractivity contribution is 5.81. The van der Waals surface area contributed by atoms with E-state index in [1.54, 1.807) is 19.0 Å². The fraction of sp³-hybridized carbons (Fsp3) is 0.500. The number of nitrogens with zero attached hydrogens (tertiary/aromatic N) is 2. The molecule has 116 valence electrons. The summed E-state index contributed by atoms with van der Waals surface area (Å²) in [6, 6.07) is 8.21. The molecule has 0 unspecified atom stereocenters. The van der Waals surface area contributed by atoms with E-state index in [9.17, 15) is 4.79 Å². The fourth-order valence-electron chi connectivity index (χ4n) is 1.80. The number of hydrogen-bond acceptors (Lipinski definition) is 2. The molecule has 5 heteroatoms. The van der Waals surface area contributed by atoms with E-state index in [0.29, 0.717) is 19.5 Å². The van der Waals surface area contributed by atoms with E-state index in [4.69, 9.17) is 0 Å². The Hall–Kier alpha value is -2.04. The van der Waals surface area contributed by atoms with E-state index in [1.807, 2.05) is 19.1 Å². The summed E-state index contributed by atoms with van der Waals surface area (Å²) in [7, 11) is 3.53. The highest BCUT2D eigenvalue weighted by Crippen LogP contribution is 2.07. The van der Waals surface area contributed by atoms with Gasteiger partial charge in [0.15, 0.2) is 5.96 Å². The molecule has 0 aliphatic heterocycles. The van der Waals surface area contributed by atoms with Crippen molar-refractivity contribution in [1.29, 1.82) is 0 Å². The number of carbonyl (C=O) groups excluding carboxylic acids is 1. The first-order valence-corrected chi connectivity index (χ1v) is 7.31. The number of guanidine groups is 1. The van der Waals surface area contributed by atoms with Crippen molar-refractivity contribution in [3.8, 4) is 0 Å². The molecule has 1 rings (SSSR count). The van der Waals surface area contributed by atoms with E-state index in [2.05, 4.69) is 34.7 Å². The summed E-state index contributed by atoms with van der Waals surface area (Å²) in [6.07, 6.45) is 0.460. The van der Waals surface area contributed by atoms with Crippen LogP contribution in [0, 0.1) is 6.92 Å². The number of hydrogen-bond donors (Lipinski definition) is 2. The van der Waals surface area contributed by atoms with Crippen LogP contribution in [0.15, 0.2) is 29.3 Å². The van der Waals surface area contributed by atoms with Crippen LogP contribution in [0.2, 0.25) is 0 Å². The minimum atomic E-state index is 0.109. The van der Waals surface area contributed by atoms with E-state index in [0.717, 1.165) is 12.5 Å². The second kappa shape index (κ2) is 9.00. The number of rotatable bonds is 6. The van der Waals surface area contributed by atoms with Crippen LogP contribution in [0.3, 0.4) is 0 Å². The lowest BCUT2D eigenvalue weighted by molar-refractivity contribution is -0.128. The van der Waals surface area contributed by atoms with Gasteiger partial charge in [-0.3, -0.25) is 4.79 Å². The van der Waals surface area contributed by atoms with E-state index >= 15 is 0 Å². The van der Waals surface area contributed by atoms with Gasteiger partial charge in [-0.15, -0.1) is 0 Å². The van der Waals surface area contributed by atoms with Crippen LogP contribution in [-0.2, 0) is 11.3 Å². The Balaban J connectivity index is 2.54. The van der Waals surface area contributed by atoms with Gasteiger partial charge in [0.25, 0.3) is 0 Å². The van der Waals surface area contributed by atoms with Crippen molar-refractivity contribution in [1.82, 2.24) is 15.5 Å². The molecule has 0 spiro atoms. The maximum Gasteiger partial charge on any atom is 0.223 e. The van der Waals surface area contributed by atoms with Crippen molar-refractivity contribution >= 4 is 11.9 Å². The number of aryl methyl sites for hydroxylation is 1. The molecule has 0 bridgehead atoms. The molecule has 0 saturated heterocycles. The topological polar surface area (TPSA) is 56.7 Å². The summed E-state index contributed by atoms with van der Waals surface area (Å²) >= 11 is 0. The molecule has 0 aliphatic rings. The van der Waals surface area contributed by atoms with Gasteiger partial charge < -0.3 is 15.5 Å². The van der Waals surface area contributed by atoms with Crippen LogP contribution in [0.5, 0.6) is 0 Å². The Labute approximate surface area is 127 Å². The zero-order chi connectivity index (χ0) is 15.7. The molecular weight excluding hydrogens is 264 g/mol. The number of amides is 1. The van der Waals surface area contributed by atoms with Crippen molar-refractivity contribution in [3.05, 3.63) is 35.4 Å². The fourth-order valence-corrected chi connectivity index (χ4v) is 1.80. The molecular formula is C16H26N4O. The van der Waals surface area contributed by atoms with Gasteiger partial charge in [-0.1, -0.05) is 24.3 Å². The first-order chi connectivity index (χ1) is 10.0. The van der Waals surface area contributed by atoms with Crippen LogP contribution < -0.4 is 10.6 Å². The maximum absolute atomic E-state index is 11.5. The Kier molecular flexibility index (Phi) is 7.29. The minimum Gasteiger partial charge on any atom is -0.357 e. The number of carbonyl (C=O) groups is 1. The second-order valence-electron chi connectivity index (χ2n) is 5.09. The summed E-state index contributed by atoms with van der Waals surface area (Å²) in [5.74, 6) is 0.851. The zero-order valence-corrected chi connectivity index (χ0v) is 13.4. The van der Waals surface area contributed by atoms with Crippen LogP contribution in [0.4, 0.5) is 0 Å². The zero-order valence-electron chi connectivity index (χ0n) is 13.4. The standard InChI is InChI=1S/C16H26N4O/c1-5-17-16(18-11-10-15(21)20(3)4)19-12-14-9-7-6-8-13(14)2/h6-9H,5,10-12H2,1-4H3,(H2,17,18,19). The van der Waals surface area contributed by atoms with Crippen molar-refractivity contribution in [2.45, 2.75) is 26.8 Å². The molecule has 5 nitrogen and oxygen atoms in total. The van der Waals surface area contributed by atoms with Gasteiger partial charge in [-0.25, -0.2) is 4.99 Å². The average molecular weight is 290 g/mol. The molecule has 0 aliphatic carbocycles. The van der Waals surface area contributed by atoms with Gasteiger partial charge in [0.05, 0.1) is 6.54 Å². The molecule has 0 saturated carbocycles. The molecule has 0 aromatic heterocycles. The summed E-state index contributed by atoms with van der Waals surface area (Å²) in [5.41, 5.74) is 2.44. The predicted octanol–water partition coefficient (Wildman–Crippen LogP) is 1.53. The largest absolute Gasteiger partial charge is 0.357 e. The normalized spacial score (nSPS) is 11.1. The Morgan fingerprint density at radius 3 is 2.57 bits per heavy atom. The summed E-state index contributed by atoms with van der Waals surface area (Å²) in [4.78, 5) is 17.7. The maximum atomic E-state index is 11.5. The summed E-state index contributed by atoms with van der Waals surface area (Å²) in [5, 5.41) is 6.38. The Morgan fingerprint density at radius 2 is 1.95 bits per heavy atom. The van der Waals surface area contributed by atoms with Crippen LogP contribution in [-0.4, -0.2) is 44.0 Å². The quantitative estimate of drug-likeness (QED) is 0.617. The van der Waals surface area contributed by atoms with Gasteiger partial charge in [-0.2, -0.15) is 0 Å². The lowest BCUT2D eigenvalue weighted by atomic mass is 10.1. The molecule has 0 radical (unpaired) electrons. The number of nitrogens with one attached hydrogen (secondary N) is 2. The van der Waals surface area contributed by atoms with Gasteiger partial charge in [0.2, 0.25) is 5.91 Å². The average Bonchev–Trinajstić information content (AvgIpc) is 2.45. The second-order valence-corrected chi connectivity index (χ2v) is 5.09. The SMILES string of the molecule is CCNC(=NCc1ccccc1C)NCCC(=O)N(C)C. The van der Waals surface area contributed by atoms with Gasteiger partial charge in [0.1, 0.15) is 0 Å². The van der Waals surface area contributed by atoms with Gasteiger partial charge >= 0.3 is 0 Å². The third-order valence-electron chi connectivity index (χ3n) is 3.14.